The van der Waals surface area contributed by atoms with Crippen molar-refractivity contribution in [2.45, 2.75) is 33.1 Å². The molecule has 0 saturated carbocycles. The second-order valence-corrected chi connectivity index (χ2v) is 5.19. The molecule has 1 aromatic carbocycles. The van der Waals surface area contributed by atoms with Crippen LogP contribution in [0, 0.1) is 18.3 Å². The third kappa shape index (κ3) is 3.38. The Kier molecular flexibility index (Phi) is 4.90. The monoisotopic (exact) mass is 276 g/mol. The molecule has 0 fully saturated rings. The Morgan fingerprint density at radius 3 is 2.67 bits per heavy atom. The third-order valence-electron chi connectivity index (χ3n) is 3.62. The molecule has 1 heterocycles. The van der Waals surface area contributed by atoms with E-state index in [9.17, 15) is 5.26 Å². The zero-order valence-electron chi connectivity index (χ0n) is 12.7. The van der Waals surface area contributed by atoms with Crippen LogP contribution in [0.25, 0.3) is 16.8 Å². The summed E-state index contributed by atoms with van der Waals surface area (Å²) in [6.45, 7) is 8.35. The molecule has 0 aliphatic carbocycles. The number of pyridine rings is 1. The van der Waals surface area contributed by atoms with Crippen LogP contribution in [0.2, 0.25) is 0 Å². The van der Waals surface area contributed by atoms with Gasteiger partial charge in [0.15, 0.2) is 0 Å². The van der Waals surface area contributed by atoms with Crippen LogP contribution >= 0.6 is 0 Å². The molecule has 0 aliphatic heterocycles. The minimum atomic E-state index is 0.655. The van der Waals surface area contributed by atoms with Crippen molar-refractivity contribution in [2.24, 2.45) is 0 Å². The predicted octanol–water partition coefficient (Wildman–Crippen LogP) is 5.13. The Bertz CT molecular complexity index is 693. The number of rotatable bonds is 5. The van der Waals surface area contributed by atoms with E-state index < -0.39 is 0 Å². The molecule has 2 aromatic rings. The number of hydrogen-bond donors (Lipinski definition) is 0. The molecule has 2 nitrogen and oxygen atoms in total. The number of allylic oxidation sites excluding steroid dienone is 1. The van der Waals surface area contributed by atoms with Gasteiger partial charge in [-0.15, -0.1) is 0 Å². The summed E-state index contributed by atoms with van der Waals surface area (Å²) in [6.07, 6.45) is 3.32. The molecule has 0 unspecified atom stereocenters. The average Bonchev–Trinajstić information content (AvgIpc) is 2.52. The molecule has 0 amide bonds. The van der Waals surface area contributed by atoms with Crippen LogP contribution in [-0.2, 0) is 0 Å². The van der Waals surface area contributed by atoms with E-state index in [4.69, 9.17) is 0 Å². The van der Waals surface area contributed by atoms with Gasteiger partial charge in [0.05, 0.1) is 17.3 Å². The maximum atomic E-state index is 9.20. The first-order valence-corrected chi connectivity index (χ1v) is 7.32. The molecule has 2 rings (SSSR count). The van der Waals surface area contributed by atoms with Crippen molar-refractivity contribution < 1.29 is 0 Å². The van der Waals surface area contributed by atoms with Gasteiger partial charge in [0.25, 0.3) is 0 Å². The average molecular weight is 276 g/mol. The SMILES string of the molecule is C=C(CCCC)c1ccc(-c2ccccc2C#N)nc1C. The second-order valence-electron chi connectivity index (χ2n) is 5.19. The number of nitrogens with zero attached hydrogens (tertiary/aromatic N) is 2. The van der Waals surface area contributed by atoms with Crippen molar-refractivity contribution in [3.05, 3.63) is 59.8 Å². The van der Waals surface area contributed by atoms with Crippen LogP contribution in [0.15, 0.2) is 43.0 Å². The van der Waals surface area contributed by atoms with Crippen LogP contribution in [0.3, 0.4) is 0 Å². The van der Waals surface area contributed by atoms with Crippen LogP contribution in [0.5, 0.6) is 0 Å². The number of aryl methyl sites for hydroxylation is 1. The van der Waals surface area contributed by atoms with E-state index >= 15 is 0 Å². The fourth-order valence-electron chi connectivity index (χ4n) is 2.41. The first-order chi connectivity index (χ1) is 10.2. The lowest BCUT2D eigenvalue weighted by Gasteiger charge is -2.11. The lowest BCUT2D eigenvalue weighted by molar-refractivity contribution is 0.824. The Morgan fingerprint density at radius 1 is 1.24 bits per heavy atom. The third-order valence-corrected chi connectivity index (χ3v) is 3.62. The van der Waals surface area contributed by atoms with Gasteiger partial charge in [-0.3, -0.25) is 4.98 Å². The summed E-state index contributed by atoms with van der Waals surface area (Å²) in [5.74, 6) is 0. The molecule has 21 heavy (non-hydrogen) atoms. The van der Waals surface area contributed by atoms with E-state index in [0.29, 0.717) is 5.56 Å². The van der Waals surface area contributed by atoms with Crippen LogP contribution in [-0.4, -0.2) is 4.98 Å². The minimum absolute atomic E-state index is 0.655. The van der Waals surface area contributed by atoms with Crippen molar-refractivity contribution in [1.82, 2.24) is 4.98 Å². The van der Waals surface area contributed by atoms with Gasteiger partial charge in [0.1, 0.15) is 0 Å². The maximum absolute atomic E-state index is 9.20. The van der Waals surface area contributed by atoms with Gasteiger partial charge >= 0.3 is 0 Å². The molecule has 1 aromatic heterocycles. The van der Waals surface area contributed by atoms with Gasteiger partial charge in [-0.25, -0.2) is 0 Å². The quantitative estimate of drug-likeness (QED) is 0.758. The highest BCUT2D eigenvalue weighted by Gasteiger charge is 2.09. The predicted molar refractivity (Wildman–Crippen MR) is 87.7 cm³/mol. The van der Waals surface area contributed by atoms with Crippen LogP contribution in [0.4, 0.5) is 0 Å². The number of benzene rings is 1. The van der Waals surface area contributed by atoms with Gasteiger partial charge in [-0.05, 0) is 43.0 Å². The number of hydrogen-bond acceptors (Lipinski definition) is 2. The van der Waals surface area contributed by atoms with E-state index in [1.807, 2.05) is 37.3 Å². The van der Waals surface area contributed by atoms with E-state index in [2.05, 4.69) is 30.6 Å². The maximum Gasteiger partial charge on any atom is 0.0998 e. The summed E-state index contributed by atoms with van der Waals surface area (Å²) >= 11 is 0. The lowest BCUT2D eigenvalue weighted by Crippen LogP contribution is -1.95. The van der Waals surface area contributed by atoms with Gasteiger partial charge in [-0.1, -0.05) is 44.2 Å². The summed E-state index contributed by atoms with van der Waals surface area (Å²) in [5, 5.41) is 9.20. The second kappa shape index (κ2) is 6.85. The highest BCUT2D eigenvalue weighted by Crippen LogP contribution is 2.26. The zero-order valence-corrected chi connectivity index (χ0v) is 12.7. The van der Waals surface area contributed by atoms with E-state index in [1.165, 1.54) is 6.42 Å². The Hall–Kier alpha value is -2.40. The topological polar surface area (TPSA) is 36.7 Å². The Labute approximate surface area is 126 Å². The smallest absolute Gasteiger partial charge is 0.0998 e. The van der Waals surface area contributed by atoms with Gasteiger partial charge in [-0.2, -0.15) is 5.26 Å². The van der Waals surface area contributed by atoms with E-state index in [1.54, 1.807) is 0 Å². The van der Waals surface area contributed by atoms with Crippen molar-refractivity contribution in [2.75, 3.05) is 0 Å². The Balaban J connectivity index is 2.35. The molecule has 0 N–H and O–H groups in total. The van der Waals surface area contributed by atoms with E-state index in [-0.39, 0.29) is 0 Å². The fraction of sp³-hybridized carbons (Fsp3) is 0.263. The standard InChI is InChI=1S/C19H20N2/c1-4-5-8-14(2)17-11-12-19(21-15(17)3)18-10-7-6-9-16(18)13-20/h6-7,9-12H,2,4-5,8H2,1,3H3. The first kappa shape index (κ1) is 15.0. The van der Waals surface area contributed by atoms with Crippen LogP contribution < -0.4 is 0 Å². The normalized spacial score (nSPS) is 10.1. The molecule has 0 atom stereocenters. The zero-order chi connectivity index (χ0) is 15.2. The molecule has 0 spiro atoms. The number of nitriles is 1. The summed E-state index contributed by atoms with van der Waals surface area (Å²) in [6, 6.07) is 13.8. The van der Waals surface area contributed by atoms with Crippen molar-refractivity contribution in [3.8, 4) is 17.3 Å². The molecule has 0 bridgehead atoms. The van der Waals surface area contributed by atoms with Crippen molar-refractivity contribution in [1.29, 1.82) is 5.26 Å². The van der Waals surface area contributed by atoms with E-state index in [0.717, 1.165) is 40.9 Å². The van der Waals surface area contributed by atoms with Crippen molar-refractivity contribution in [3.63, 3.8) is 0 Å². The molecule has 0 saturated heterocycles. The highest BCUT2D eigenvalue weighted by atomic mass is 14.7. The Morgan fingerprint density at radius 2 is 2.00 bits per heavy atom. The van der Waals surface area contributed by atoms with Gasteiger partial charge < -0.3 is 0 Å². The molecule has 0 radical (unpaired) electrons. The molecule has 0 aliphatic rings. The summed E-state index contributed by atoms with van der Waals surface area (Å²) in [4.78, 5) is 4.67. The largest absolute Gasteiger partial charge is 0.252 e. The number of aromatic nitrogens is 1. The number of unbranched alkanes of at least 4 members (excludes halogenated alkanes) is 1. The summed E-state index contributed by atoms with van der Waals surface area (Å²) in [5.41, 5.74) is 5.62. The lowest BCUT2D eigenvalue weighted by atomic mass is 9.98. The van der Waals surface area contributed by atoms with Gasteiger partial charge in [0, 0.05) is 11.3 Å². The molecule has 2 heteroatoms. The summed E-state index contributed by atoms with van der Waals surface area (Å²) in [7, 11) is 0. The minimum Gasteiger partial charge on any atom is -0.252 e. The summed E-state index contributed by atoms with van der Waals surface area (Å²) < 4.78 is 0. The van der Waals surface area contributed by atoms with Crippen LogP contribution in [0.1, 0.15) is 43.0 Å². The molecular weight excluding hydrogens is 256 g/mol. The first-order valence-electron chi connectivity index (χ1n) is 7.32. The van der Waals surface area contributed by atoms with Gasteiger partial charge in [0.2, 0.25) is 0 Å². The molecular formula is C19H20N2. The fourth-order valence-corrected chi connectivity index (χ4v) is 2.41. The highest BCUT2D eigenvalue weighted by molar-refractivity contribution is 5.71. The molecule has 106 valence electrons. The van der Waals surface area contributed by atoms with Crippen molar-refractivity contribution >= 4 is 5.57 Å².